The van der Waals surface area contributed by atoms with Gasteiger partial charge in [0, 0.05) is 6.61 Å². The minimum atomic E-state index is -0.406. The van der Waals surface area contributed by atoms with Crippen LogP contribution < -0.4 is 5.32 Å². The Labute approximate surface area is 104 Å². The van der Waals surface area contributed by atoms with E-state index in [0.717, 1.165) is 6.42 Å². The molecule has 0 spiro atoms. The molecule has 1 unspecified atom stereocenters. The maximum Gasteiger partial charge on any atom is 0.246 e. The normalized spacial score (nSPS) is 12.9. The number of hydrogen-bond donors (Lipinski definition) is 1. The lowest BCUT2D eigenvalue weighted by Crippen LogP contribution is -2.44. The van der Waals surface area contributed by atoms with Gasteiger partial charge in [-0.15, -0.1) is 0 Å². The van der Waals surface area contributed by atoms with Gasteiger partial charge in [0.2, 0.25) is 5.91 Å². The van der Waals surface area contributed by atoms with E-state index in [9.17, 15) is 9.59 Å². The highest BCUT2D eigenvalue weighted by Crippen LogP contribution is 2.03. The molecule has 17 heavy (non-hydrogen) atoms. The van der Waals surface area contributed by atoms with Crippen molar-refractivity contribution in [2.75, 3.05) is 13.2 Å². The summed E-state index contributed by atoms with van der Waals surface area (Å²) in [6.45, 7) is 10.1. The molecule has 0 radical (unpaired) electrons. The molecule has 0 aliphatic rings. The summed E-state index contributed by atoms with van der Waals surface area (Å²) in [6.07, 6.45) is 0.938. The topological polar surface area (TPSA) is 55.4 Å². The molecule has 0 saturated heterocycles. The number of carbonyl (C=O) groups is 2. The van der Waals surface area contributed by atoms with Crippen molar-refractivity contribution in [3.63, 3.8) is 0 Å². The van der Waals surface area contributed by atoms with Crippen LogP contribution in [0.1, 0.15) is 41.0 Å². The van der Waals surface area contributed by atoms with Gasteiger partial charge in [-0.3, -0.25) is 9.59 Å². The average molecular weight is 243 g/mol. The molecule has 0 aliphatic heterocycles. The van der Waals surface area contributed by atoms with Gasteiger partial charge in [-0.25, -0.2) is 0 Å². The molecular formula is C13H25NO3. The van der Waals surface area contributed by atoms with E-state index in [1.165, 1.54) is 6.92 Å². The van der Waals surface area contributed by atoms with E-state index >= 15 is 0 Å². The van der Waals surface area contributed by atoms with Crippen LogP contribution in [0.3, 0.4) is 0 Å². The van der Waals surface area contributed by atoms with Gasteiger partial charge in [0.1, 0.15) is 6.61 Å². The van der Waals surface area contributed by atoms with E-state index in [2.05, 4.69) is 19.2 Å². The third kappa shape index (κ3) is 7.91. The SMILES string of the molecule is CC(=O)C(NC(=O)COCCC(C)C)C(C)C. The van der Waals surface area contributed by atoms with Gasteiger partial charge >= 0.3 is 0 Å². The number of Topliss-reactive ketones (excluding diaryl/α,β-unsaturated/α-hetero) is 1. The molecule has 0 heterocycles. The molecule has 100 valence electrons. The predicted octanol–water partition coefficient (Wildman–Crippen LogP) is 1.78. The van der Waals surface area contributed by atoms with Gasteiger partial charge in [-0.2, -0.15) is 0 Å². The van der Waals surface area contributed by atoms with Gasteiger partial charge in [-0.05, 0) is 25.2 Å². The van der Waals surface area contributed by atoms with Crippen LogP contribution in [-0.4, -0.2) is 30.9 Å². The molecule has 0 bridgehead atoms. The maximum absolute atomic E-state index is 11.5. The predicted molar refractivity (Wildman–Crippen MR) is 67.7 cm³/mol. The van der Waals surface area contributed by atoms with Crippen LogP contribution in [0.15, 0.2) is 0 Å². The third-order valence-electron chi connectivity index (χ3n) is 2.49. The van der Waals surface area contributed by atoms with E-state index in [1.807, 2.05) is 13.8 Å². The molecular weight excluding hydrogens is 218 g/mol. The molecule has 4 nitrogen and oxygen atoms in total. The molecule has 4 heteroatoms. The van der Waals surface area contributed by atoms with Gasteiger partial charge in [0.15, 0.2) is 5.78 Å². The Morgan fingerprint density at radius 3 is 2.18 bits per heavy atom. The minimum absolute atomic E-state index is 0.0180. The van der Waals surface area contributed by atoms with Crippen LogP contribution >= 0.6 is 0 Å². The number of ketones is 1. The van der Waals surface area contributed by atoms with Gasteiger partial charge < -0.3 is 10.1 Å². The first-order valence-corrected chi connectivity index (χ1v) is 6.22. The quantitative estimate of drug-likeness (QED) is 0.661. The van der Waals surface area contributed by atoms with E-state index in [4.69, 9.17) is 4.74 Å². The molecule has 0 fully saturated rings. The van der Waals surface area contributed by atoms with E-state index in [-0.39, 0.29) is 24.2 Å². The van der Waals surface area contributed by atoms with Crippen molar-refractivity contribution in [1.82, 2.24) is 5.32 Å². The van der Waals surface area contributed by atoms with Crippen LogP contribution in [0, 0.1) is 11.8 Å². The lowest BCUT2D eigenvalue weighted by atomic mass is 10.0. The molecule has 0 rings (SSSR count). The first-order valence-electron chi connectivity index (χ1n) is 6.22. The van der Waals surface area contributed by atoms with E-state index in [0.29, 0.717) is 12.5 Å². The highest BCUT2D eigenvalue weighted by Gasteiger charge is 2.20. The van der Waals surface area contributed by atoms with Gasteiger partial charge in [0.25, 0.3) is 0 Å². The highest BCUT2D eigenvalue weighted by molar-refractivity contribution is 5.88. The zero-order valence-corrected chi connectivity index (χ0v) is 11.6. The van der Waals surface area contributed by atoms with Crippen LogP contribution in [0.25, 0.3) is 0 Å². The Morgan fingerprint density at radius 1 is 1.18 bits per heavy atom. The maximum atomic E-state index is 11.5. The lowest BCUT2D eigenvalue weighted by Gasteiger charge is -2.19. The monoisotopic (exact) mass is 243 g/mol. The summed E-state index contributed by atoms with van der Waals surface area (Å²) in [7, 11) is 0. The summed E-state index contributed by atoms with van der Waals surface area (Å²) in [4.78, 5) is 22.8. The van der Waals surface area contributed by atoms with Crippen molar-refractivity contribution < 1.29 is 14.3 Å². The molecule has 0 aliphatic carbocycles. The van der Waals surface area contributed by atoms with Crippen molar-refractivity contribution >= 4 is 11.7 Å². The first kappa shape index (κ1) is 16.1. The van der Waals surface area contributed by atoms with E-state index in [1.54, 1.807) is 0 Å². The first-order chi connectivity index (χ1) is 7.84. The van der Waals surface area contributed by atoms with Crippen molar-refractivity contribution in [3.05, 3.63) is 0 Å². The summed E-state index contributed by atoms with van der Waals surface area (Å²) < 4.78 is 5.24. The standard InChI is InChI=1S/C13H25NO3/c1-9(2)6-7-17-8-12(16)14-13(10(3)4)11(5)15/h9-10,13H,6-8H2,1-5H3,(H,14,16). The lowest BCUT2D eigenvalue weighted by molar-refractivity contribution is -0.130. The largest absolute Gasteiger partial charge is 0.372 e. The fourth-order valence-corrected chi connectivity index (χ4v) is 1.44. The third-order valence-corrected chi connectivity index (χ3v) is 2.49. The van der Waals surface area contributed by atoms with Crippen molar-refractivity contribution in [2.24, 2.45) is 11.8 Å². The molecule has 1 amide bonds. The smallest absolute Gasteiger partial charge is 0.246 e. The molecule has 1 atom stereocenters. The molecule has 1 N–H and O–H groups in total. The minimum Gasteiger partial charge on any atom is -0.372 e. The second kappa shape index (κ2) is 8.23. The second-order valence-electron chi connectivity index (χ2n) is 5.13. The molecule has 0 saturated carbocycles. The second-order valence-corrected chi connectivity index (χ2v) is 5.13. The van der Waals surface area contributed by atoms with E-state index < -0.39 is 6.04 Å². The van der Waals surface area contributed by atoms with Crippen LogP contribution in [0.4, 0.5) is 0 Å². The fraction of sp³-hybridized carbons (Fsp3) is 0.846. The number of nitrogens with one attached hydrogen (secondary N) is 1. The number of amides is 1. The number of hydrogen-bond acceptors (Lipinski definition) is 3. The van der Waals surface area contributed by atoms with Crippen LogP contribution in [-0.2, 0) is 14.3 Å². The summed E-state index contributed by atoms with van der Waals surface area (Å²) in [5.41, 5.74) is 0. The fourth-order valence-electron chi connectivity index (χ4n) is 1.44. The van der Waals surface area contributed by atoms with Crippen LogP contribution in [0.2, 0.25) is 0 Å². The Hall–Kier alpha value is -0.900. The van der Waals surface area contributed by atoms with Crippen LogP contribution in [0.5, 0.6) is 0 Å². The van der Waals surface area contributed by atoms with Gasteiger partial charge in [-0.1, -0.05) is 27.7 Å². The van der Waals surface area contributed by atoms with Crippen molar-refractivity contribution in [2.45, 2.75) is 47.1 Å². The summed E-state index contributed by atoms with van der Waals surface area (Å²) in [5, 5.41) is 2.69. The zero-order chi connectivity index (χ0) is 13.4. The summed E-state index contributed by atoms with van der Waals surface area (Å²) in [6, 6.07) is -0.406. The molecule has 0 aromatic heterocycles. The Kier molecular flexibility index (Phi) is 7.79. The Balaban J connectivity index is 3.87. The average Bonchev–Trinajstić information content (AvgIpc) is 2.19. The highest BCUT2D eigenvalue weighted by atomic mass is 16.5. The van der Waals surface area contributed by atoms with Crippen molar-refractivity contribution in [3.8, 4) is 0 Å². The zero-order valence-electron chi connectivity index (χ0n) is 11.6. The van der Waals surface area contributed by atoms with Gasteiger partial charge in [0.05, 0.1) is 6.04 Å². The Morgan fingerprint density at radius 2 is 1.76 bits per heavy atom. The summed E-state index contributed by atoms with van der Waals surface area (Å²) >= 11 is 0. The molecule has 0 aromatic rings. The summed E-state index contributed by atoms with van der Waals surface area (Å²) in [5.74, 6) is 0.434. The Bertz CT molecular complexity index is 249. The number of carbonyl (C=O) groups excluding carboxylic acids is 2. The molecule has 0 aromatic carbocycles. The number of ether oxygens (including phenoxy) is 1. The van der Waals surface area contributed by atoms with Crippen molar-refractivity contribution in [1.29, 1.82) is 0 Å². The number of rotatable bonds is 8.